The Morgan fingerprint density at radius 2 is 2.14 bits per heavy atom. The van der Waals surface area contributed by atoms with Gasteiger partial charge >= 0.3 is 0 Å². The predicted molar refractivity (Wildman–Crippen MR) is 85.3 cm³/mol. The van der Waals surface area contributed by atoms with Gasteiger partial charge in [0.1, 0.15) is 15.1 Å². The van der Waals surface area contributed by atoms with Gasteiger partial charge in [0.25, 0.3) is 5.91 Å². The number of nitrogens with one attached hydrogen (secondary N) is 2. The SMILES string of the molecule is Nc1ccc(F)c(C(=O)Nc2cnc3n[nH]c(I)c3c2)c1F. The molecule has 0 aliphatic heterocycles. The quantitative estimate of drug-likeness (QED) is 0.443. The topological polar surface area (TPSA) is 96.7 Å². The number of pyridine rings is 1. The molecule has 2 aromatic heterocycles. The number of nitrogens with zero attached hydrogens (tertiary/aromatic N) is 2. The first-order valence-corrected chi connectivity index (χ1v) is 7.09. The van der Waals surface area contributed by atoms with Crippen LogP contribution >= 0.6 is 22.6 Å². The molecule has 4 N–H and O–H groups in total. The van der Waals surface area contributed by atoms with Crippen LogP contribution in [0.2, 0.25) is 0 Å². The van der Waals surface area contributed by atoms with Gasteiger partial charge in [0.05, 0.1) is 23.0 Å². The zero-order valence-electron chi connectivity index (χ0n) is 10.8. The Labute approximate surface area is 136 Å². The molecule has 6 nitrogen and oxygen atoms in total. The van der Waals surface area contributed by atoms with E-state index in [4.69, 9.17) is 5.73 Å². The van der Waals surface area contributed by atoms with Gasteiger partial charge in [-0.25, -0.2) is 13.8 Å². The second-order valence-corrected chi connectivity index (χ2v) is 5.49. The fraction of sp³-hybridized carbons (Fsp3) is 0. The molecule has 1 amide bonds. The standard InChI is InChI=1S/C13H8F2IN5O/c14-7-1-2-8(17)10(15)9(7)13(22)19-5-3-6-11(16)20-21-12(6)18-4-5/h1-4H,17H2,(H,19,22)(H,18,20,21). The number of carbonyl (C=O) groups is 1. The van der Waals surface area contributed by atoms with Crippen LogP contribution in [0.1, 0.15) is 10.4 Å². The van der Waals surface area contributed by atoms with E-state index in [1.165, 1.54) is 6.20 Å². The summed E-state index contributed by atoms with van der Waals surface area (Å²) in [4.78, 5) is 16.1. The molecule has 0 fully saturated rings. The summed E-state index contributed by atoms with van der Waals surface area (Å²) in [6, 6.07) is 3.60. The minimum Gasteiger partial charge on any atom is -0.396 e. The summed E-state index contributed by atoms with van der Waals surface area (Å²) in [6.45, 7) is 0. The van der Waals surface area contributed by atoms with Gasteiger partial charge in [-0.05, 0) is 40.8 Å². The van der Waals surface area contributed by atoms with Crippen LogP contribution in [0, 0.1) is 15.3 Å². The molecule has 0 atom stereocenters. The first-order chi connectivity index (χ1) is 10.5. The summed E-state index contributed by atoms with van der Waals surface area (Å²) >= 11 is 2.02. The van der Waals surface area contributed by atoms with Gasteiger partial charge in [0, 0.05) is 0 Å². The summed E-state index contributed by atoms with van der Waals surface area (Å²) in [5, 5.41) is 9.76. The Bertz CT molecular complexity index is 896. The lowest BCUT2D eigenvalue weighted by Gasteiger charge is -2.08. The highest BCUT2D eigenvalue weighted by atomic mass is 127. The number of anilines is 2. The van der Waals surface area contributed by atoms with E-state index in [-0.39, 0.29) is 11.4 Å². The summed E-state index contributed by atoms with van der Waals surface area (Å²) in [6.07, 6.45) is 1.35. The summed E-state index contributed by atoms with van der Waals surface area (Å²) in [5.41, 5.74) is 5.08. The number of benzene rings is 1. The number of nitrogen functional groups attached to an aromatic ring is 1. The fourth-order valence-electron chi connectivity index (χ4n) is 1.91. The number of carbonyl (C=O) groups excluding carboxylic acids is 1. The molecule has 2 heterocycles. The molecule has 3 rings (SSSR count). The third-order valence-electron chi connectivity index (χ3n) is 2.97. The van der Waals surface area contributed by atoms with E-state index >= 15 is 0 Å². The van der Waals surface area contributed by atoms with Crippen molar-refractivity contribution in [3.05, 3.63) is 45.3 Å². The minimum atomic E-state index is -1.09. The molecule has 0 aliphatic rings. The number of aromatic amines is 1. The predicted octanol–water partition coefficient (Wildman–Crippen LogP) is 2.68. The van der Waals surface area contributed by atoms with Crippen LogP contribution in [0.25, 0.3) is 11.0 Å². The van der Waals surface area contributed by atoms with Gasteiger partial charge in [-0.1, -0.05) is 0 Å². The smallest absolute Gasteiger partial charge is 0.261 e. The number of hydrogen-bond donors (Lipinski definition) is 3. The van der Waals surface area contributed by atoms with Crippen molar-refractivity contribution >= 4 is 50.9 Å². The lowest BCUT2D eigenvalue weighted by Crippen LogP contribution is -2.17. The lowest BCUT2D eigenvalue weighted by molar-refractivity contribution is 0.101. The van der Waals surface area contributed by atoms with E-state index in [1.807, 2.05) is 22.6 Å². The summed E-state index contributed by atoms with van der Waals surface area (Å²) < 4.78 is 28.2. The monoisotopic (exact) mass is 415 g/mol. The van der Waals surface area contributed by atoms with Crippen molar-refractivity contribution in [3.63, 3.8) is 0 Å². The Balaban J connectivity index is 1.96. The number of fused-ring (bicyclic) bond motifs is 1. The molecule has 0 spiro atoms. The first kappa shape index (κ1) is 14.6. The van der Waals surface area contributed by atoms with Crippen molar-refractivity contribution in [1.82, 2.24) is 15.2 Å². The molecular weight excluding hydrogens is 407 g/mol. The van der Waals surface area contributed by atoms with E-state index in [0.29, 0.717) is 11.0 Å². The van der Waals surface area contributed by atoms with Crippen LogP contribution in [0.5, 0.6) is 0 Å². The molecule has 0 aliphatic carbocycles. The van der Waals surface area contributed by atoms with Crippen molar-refractivity contribution in [3.8, 4) is 0 Å². The highest BCUT2D eigenvalue weighted by Gasteiger charge is 2.20. The molecule has 0 saturated carbocycles. The normalized spacial score (nSPS) is 10.9. The van der Waals surface area contributed by atoms with E-state index < -0.39 is 23.1 Å². The molecule has 0 unspecified atom stereocenters. The molecule has 22 heavy (non-hydrogen) atoms. The molecular formula is C13H8F2IN5O. The zero-order valence-corrected chi connectivity index (χ0v) is 13.0. The molecule has 112 valence electrons. The Kier molecular flexibility index (Phi) is 3.64. The molecule has 1 aromatic carbocycles. The van der Waals surface area contributed by atoms with E-state index in [1.54, 1.807) is 6.07 Å². The molecule has 0 saturated heterocycles. The van der Waals surface area contributed by atoms with Crippen molar-refractivity contribution in [2.75, 3.05) is 11.1 Å². The third-order valence-corrected chi connectivity index (χ3v) is 3.79. The van der Waals surface area contributed by atoms with Crippen LogP contribution < -0.4 is 11.1 Å². The maximum Gasteiger partial charge on any atom is 0.261 e. The van der Waals surface area contributed by atoms with Gasteiger partial charge in [-0.2, -0.15) is 5.10 Å². The lowest BCUT2D eigenvalue weighted by atomic mass is 10.1. The Morgan fingerprint density at radius 3 is 2.91 bits per heavy atom. The molecule has 0 bridgehead atoms. The number of amides is 1. The highest BCUT2D eigenvalue weighted by Crippen LogP contribution is 2.22. The molecule has 9 heteroatoms. The van der Waals surface area contributed by atoms with Crippen LogP contribution in [0.15, 0.2) is 24.4 Å². The average Bonchev–Trinajstić information content (AvgIpc) is 2.85. The highest BCUT2D eigenvalue weighted by molar-refractivity contribution is 14.1. The van der Waals surface area contributed by atoms with Gasteiger partial charge in [0.2, 0.25) is 0 Å². The zero-order chi connectivity index (χ0) is 15.9. The number of H-pyrrole nitrogens is 1. The molecule has 0 radical (unpaired) electrons. The maximum atomic E-state index is 13.8. The van der Waals surface area contributed by atoms with E-state index in [2.05, 4.69) is 20.5 Å². The van der Waals surface area contributed by atoms with E-state index in [9.17, 15) is 13.6 Å². The van der Waals surface area contributed by atoms with E-state index in [0.717, 1.165) is 15.8 Å². The number of hydrogen-bond acceptors (Lipinski definition) is 4. The number of nitrogens with two attached hydrogens (primary N) is 1. The van der Waals surface area contributed by atoms with Crippen molar-refractivity contribution in [2.24, 2.45) is 0 Å². The second kappa shape index (κ2) is 5.48. The number of aromatic nitrogens is 3. The van der Waals surface area contributed by atoms with Crippen LogP contribution in [-0.2, 0) is 0 Å². The second-order valence-electron chi connectivity index (χ2n) is 4.41. The van der Waals surface area contributed by atoms with Gasteiger partial charge in [-0.15, -0.1) is 0 Å². The van der Waals surface area contributed by atoms with Gasteiger partial charge in [0.15, 0.2) is 11.5 Å². The third kappa shape index (κ3) is 2.47. The fourth-order valence-corrected chi connectivity index (χ4v) is 2.43. The van der Waals surface area contributed by atoms with Crippen molar-refractivity contribution in [2.45, 2.75) is 0 Å². The Hall–Kier alpha value is -2.30. The van der Waals surface area contributed by atoms with Gasteiger partial charge in [-0.3, -0.25) is 9.89 Å². The van der Waals surface area contributed by atoms with Crippen LogP contribution in [0.3, 0.4) is 0 Å². The minimum absolute atomic E-state index is 0.290. The van der Waals surface area contributed by atoms with Crippen molar-refractivity contribution < 1.29 is 13.6 Å². The number of rotatable bonds is 2. The maximum absolute atomic E-state index is 13.8. The van der Waals surface area contributed by atoms with Crippen molar-refractivity contribution in [1.29, 1.82) is 0 Å². The summed E-state index contributed by atoms with van der Waals surface area (Å²) in [7, 11) is 0. The summed E-state index contributed by atoms with van der Waals surface area (Å²) in [5.74, 6) is -3.03. The molecule has 3 aromatic rings. The Morgan fingerprint density at radius 1 is 1.36 bits per heavy atom. The first-order valence-electron chi connectivity index (χ1n) is 6.02. The van der Waals surface area contributed by atoms with Gasteiger partial charge < -0.3 is 11.1 Å². The van der Waals surface area contributed by atoms with Crippen LogP contribution in [-0.4, -0.2) is 21.1 Å². The number of halogens is 3. The largest absolute Gasteiger partial charge is 0.396 e. The van der Waals surface area contributed by atoms with Crippen LogP contribution in [0.4, 0.5) is 20.2 Å². The average molecular weight is 415 g/mol.